The number of cyclic esters (lactones) is 1. The predicted octanol–water partition coefficient (Wildman–Crippen LogP) is 3.33. The lowest BCUT2D eigenvalue weighted by Crippen LogP contribution is -2.60. The standard InChI is InChI=1S/C37H50N6O9S/c1-7-22-18-37(22,33(47)41-53(49,50)25-14-15-25)40-30(44)27-17-24-19-43(27)31(45)29(35(2,3)4)39-34(48)51-21-36(5,6)16-9-8-11-23-12-10-13-28-38-26(20-42(23)28)32(46)52-24/h8,10-13,20,22,24-25,27,29H,7,9,14-19,21H2,1-6H3,(H,39,48)(H,40,44)(H,41,47)/b11-8+/t22-,24-,27+,29-,37-/m1/s1. The van der Waals surface area contributed by atoms with Crippen LogP contribution in [0.4, 0.5) is 4.79 Å². The summed E-state index contributed by atoms with van der Waals surface area (Å²) in [6, 6.07) is 3.10. The predicted molar refractivity (Wildman–Crippen MR) is 194 cm³/mol. The molecule has 4 aliphatic rings. The van der Waals surface area contributed by atoms with Crippen molar-refractivity contribution in [2.75, 3.05) is 13.2 Å². The fourth-order valence-corrected chi connectivity index (χ4v) is 8.50. The lowest BCUT2D eigenvalue weighted by atomic mass is 9.85. The first-order valence-electron chi connectivity index (χ1n) is 18.3. The van der Waals surface area contributed by atoms with Gasteiger partial charge in [0.25, 0.3) is 5.91 Å². The third kappa shape index (κ3) is 8.21. The van der Waals surface area contributed by atoms with Gasteiger partial charge in [-0.1, -0.05) is 60.1 Å². The summed E-state index contributed by atoms with van der Waals surface area (Å²) in [5, 5.41) is 4.88. The first-order valence-corrected chi connectivity index (χ1v) is 19.9. The van der Waals surface area contributed by atoms with Gasteiger partial charge < -0.3 is 25.0 Å². The summed E-state index contributed by atoms with van der Waals surface area (Å²) in [7, 11) is -3.89. The van der Waals surface area contributed by atoms with E-state index in [0.717, 1.165) is 5.69 Å². The molecule has 16 heteroatoms. The van der Waals surface area contributed by atoms with Gasteiger partial charge in [0, 0.05) is 18.3 Å². The molecule has 2 aromatic rings. The number of fused-ring (bicyclic) bond motifs is 3. The Morgan fingerprint density at radius 1 is 1.13 bits per heavy atom. The fraction of sp³-hybridized carbons (Fsp3) is 0.622. The maximum Gasteiger partial charge on any atom is 0.407 e. The summed E-state index contributed by atoms with van der Waals surface area (Å²) < 4.78 is 40.8. The number of allylic oxidation sites excluding steroid dienone is 1. The first kappa shape index (κ1) is 38.3. The number of esters is 1. The summed E-state index contributed by atoms with van der Waals surface area (Å²) in [6.07, 6.45) is 6.65. The van der Waals surface area contributed by atoms with E-state index in [4.69, 9.17) is 9.47 Å². The van der Waals surface area contributed by atoms with Gasteiger partial charge in [-0.3, -0.25) is 23.5 Å². The molecule has 4 amide bonds. The molecule has 2 aliphatic carbocycles. The van der Waals surface area contributed by atoms with Crippen LogP contribution in [0.5, 0.6) is 0 Å². The molecular formula is C37H50N6O9S. The molecule has 2 aliphatic heterocycles. The SMILES string of the molecule is CC[C@@H]1C[C@]1(NC(=O)[C@@H]1C[C@@H]2CN1C(=O)[C@H](C(C)(C)C)NC(=O)OCC(C)(C)CC/C=C/c1cccc3nc(cn13)C(=O)O2)C(=O)NS(=O)(=O)C1CC1. The van der Waals surface area contributed by atoms with Crippen molar-refractivity contribution in [3.05, 3.63) is 41.9 Å². The number of nitrogens with one attached hydrogen (secondary N) is 3. The molecule has 1 saturated heterocycles. The maximum absolute atomic E-state index is 14.5. The molecule has 3 fully saturated rings. The zero-order chi connectivity index (χ0) is 38.5. The Bertz CT molecular complexity index is 1950. The molecule has 6 rings (SSSR count). The number of rotatable bonds is 6. The molecule has 4 heterocycles. The molecular weight excluding hydrogens is 705 g/mol. The monoisotopic (exact) mass is 754 g/mol. The third-order valence-corrected chi connectivity index (χ3v) is 12.5. The second-order valence-corrected chi connectivity index (χ2v) is 18.6. The van der Waals surface area contributed by atoms with Crippen molar-refractivity contribution >= 4 is 51.5 Å². The van der Waals surface area contributed by atoms with Crippen LogP contribution in [0, 0.1) is 16.7 Å². The Morgan fingerprint density at radius 3 is 2.53 bits per heavy atom. The fourth-order valence-electron chi connectivity index (χ4n) is 7.13. The Kier molecular flexibility index (Phi) is 10.2. The number of carbonyl (C=O) groups is 5. The van der Waals surface area contributed by atoms with Gasteiger partial charge in [0.15, 0.2) is 5.69 Å². The number of nitrogens with zero attached hydrogens (tertiary/aromatic N) is 3. The molecule has 3 N–H and O–H groups in total. The normalized spacial score (nSPS) is 28.8. The first-order chi connectivity index (χ1) is 24.8. The number of amides is 4. The average Bonchev–Trinajstić information content (AvgIpc) is 3.97. The number of imidazole rings is 1. The molecule has 288 valence electrons. The smallest absolute Gasteiger partial charge is 0.407 e. The molecule has 53 heavy (non-hydrogen) atoms. The van der Waals surface area contributed by atoms with Crippen molar-refractivity contribution in [2.45, 2.75) is 115 Å². The van der Waals surface area contributed by atoms with Gasteiger partial charge in [0.05, 0.1) is 18.4 Å². The Balaban J connectivity index is 1.32. The van der Waals surface area contributed by atoms with Crippen LogP contribution < -0.4 is 15.4 Å². The van der Waals surface area contributed by atoms with Crippen molar-refractivity contribution in [1.82, 2.24) is 29.6 Å². The summed E-state index contributed by atoms with van der Waals surface area (Å²) in [5.41, 5.74) is -1.37. The van der Waals surface area contributed by atoms with Crippen LogP contribution in [-0.4, -0.2) is 94.6 Å². The zero-order valence-corrected chi connectivity index (χ0v) is 32.0. The van der Waals surface area contributed by atoms with Crippen molar-refractivity contribution in [2.24, 2.45) is 16.7 Å². The summed E-state index contributed by atoms with van der Waals surface area (Å²) >= 11 is 0. The van der Waals surface area contributed by atoms with E-state index in [1.807, 2.05) is 45.1 Å². The maximum atomic E-state index is 14.5. The number of pyridine rings is 1. The topological polar surface area (TPSA) is 195 Å². The molecule has 0 unspecified atom stereocenters. The van der Waals surface area contributed by atoms with Crippen LogP contribution in [0.25, 0.3) is 11.7 Å². The largest absolute Gasteiger partial charge is 0.456 e. The minimum atomic E-state index is -3.89. The molecule has 2 aromatic heterocycles. The van der Waals surface area contributed by atoms with Crippen molar-refractivity contribution in [3.8, 4) is 0 Å². The van der Waals surface area contributed by atoms with Gasteiger partial charge in [-0.15, -0.1) is 0 Å². The molecule has 0 aromatic carbocycles. The van der Waals surface area contributed by atoms with Crippen LogP contribution in [0.1, 0.15) is 103 Å². The van der Waals surface area contributed by atoms with E-state index in [0.29, 0.717) is 37.8 Å². The molecule has 0 radical (unpaired) electrons. The zero-order valence-electron chi connectivity index (χ0n) is 31.1. The summed E-state index contributed by atoms with van der Waals surface area (Å²) in [6.45, 7) is 11.0. The lowest BCUT2D eigenvalue weighted by molar-refractivity contribution is -0.143. The highest BCUT2D eigenvalue weighted by molar-refractivity contribution is 7.91. The van der Waals surface area contributed by atoms with E-state index in [-0.39, 0.29) is 37.6 Å². The highest BCUT2D eigenvalue weighted by Gasteiger charge is 2.62. The van der Waals surface area contributed by atoms with Crippen LogP contribution in [0.2, 0.25) is 0 Å². The van der Waals surface area contributed by atoms with E-state index in [9.17, 15) is 32.4 Å². The molecule has 4 bridgehead atoms. The van der Waals surface area contributed by atoms with Crippen molar-refractivity contribution in [1.29, 1.82) is 0 Å². The molecule has 15 nitrogen and oxygen atoms in total. The summed E-state index contributed by atoms with van der Waals surface area (Å²) in [5.74, 6) is -3.20. The van der Waals surface area contributed by atoms with E-state index in [1.54, 1.807) is 37.4 Å². The van der Waals surface area contributed by atoms with Crippen LogP contribution >= 0.6 is 0 Å². The second kappa shape index (κ2) is 14.1. The molecule has 2 saturated carbocycles. The van der Waals surface area contributed by atoms with Gasteiger partial charge in [0.1, 0.15) is 29.4 Å². The van der Waals surface area contributed by atoms with Gasteiger partial charge in [-0.2, -0.15) is 0 Å². The van der Waals surface area contributed by atoms with Crippen molar-refractivity contribution in [3.63, 3.8) is 0 Å². The molecule has 5 atom stereocenters. The van der Waals surface area contributed by atoms with E-state index >= 15 is 0 Å². The Labute approximate surface area is 309 Å². The third-order valence-electron chi connectivity index (χ3n) is 10.6. The number of sulfonamides is 1. The number of hydrogen-bond donors (Lipinski definition) is 3. The van der Waals surface area contributed by atoms with Crippen molar-refractivity contribution < 1.29 is 41.9 Å². The second-order valence-electron chi connectivity index (χ2n) is 16.6. The van der Waals surface area contributed by atoms with E-state index < -0.39 is 79.6 Å². The quantitative estimate of drug-likeness (QED) is 0.369. The van der Waals surface area contributed by atoms with Crippen LogP contribution in [0.3, 0.4) is 0 Å². The highest BCUT2D eigenvalue weighted by Crippen LogP contribution is 2.47. The number of aromatic nitrogens is 2. The van der Waals surface area contributed by atoms with E-state index in [1.165, 1.54) is 4.90 Å². The highest BCUT2D eigenvalue weighted by atomic mass is 32.2. The summed E-state index contributed by atoms with van der Waals surface area (Å²) in [4.78, 5) is 74.7. The van der Waals surface area contributed by atoms with Crippen LogP contribution in [-0.2, 0) is 33.9 Å². The van der Waals surface area contributed by atoms with E-state index in [2.05, 4.69) is 20.3 Å². The Hall–Kier alpha value is -4.47. The average molecular weight is 755 g/mol. The number of alkyl carbamates (subject to hydrolysis) is 1. The van der Waals surface area contributed by atoms with Crippen LogP contribution in [0.15, 0.2) is 30.5 Å². The number of hydrogen-bond acceptors (Lipinski definition) is 10. The molecule has 0 spiro atoms. The minimum Gasteiger partial charge on any atom is -0.456 e. The Morgan fingerprint density at radius 2 is 1.87 bits per heavy atom. The minimum absolute atomic E-state index is 0.0420. The van der Waals surface area contributed by atoms with Gasteiger partial charge in [0.2, 0.25) is 21.8 Å². The van der Waals surface area contributed by atoms with Gasteiger partial charge in [-0.05, 0) is 67.1 Å². The van der Waals surface area contributed by atoms with Gasteiger partial charge in [-0.25, -0.2) is 23.0 Å². The van der Waals surface area contributed by atoms with Gasteiger partial charge >= 0.3 is 12.1 Å². The number of carbonyl (C=O) groups excluding carboxylic acids is 5. The lowest BCUT2D eigenvalue weighted by Gasteiger charge is -2.35. The number of ether oxygens (including phenoxy) is 2.